The average molecular weight is 559 g/mol. The molecule has 1 amide bonds. The maximum absolute atomic E-state index is 16.3. The van der Waals surface area contributed by atoms with E-state index in [9.17, 15) is 26.0 Å². The fourth-order valence-electron chi connectivity index (χ4n) is 4.40. The number of sulfone groups is 1. The minimum Gasteiger partial charge on any atom is -0.455 e. The van der Waals surface area contributed by atoms with Gasteiger partial charge in [0.2, 0.25) is 10.0 Å². The van der Waals surface area contributed by atoms with Crippen molar-refractivity contribution in [3.63, 3.8) is 0 Å². The summed E-state index contributed by atoms with van der Waals surface area (Å²) in [6, 6.07) is 6.20. The van der Waals surface area contributed by atoms with Crippen LogP contribution in [0.3, 0.4) is 0 Å². The molecule has 0 unspecified atom stereocenters. The standard InChI is InChI=1S/C23H24F2N2O8S2/c1-12-18-16(27(37(4,31)32)10-15(34-12)11-36(3,29)30)9-17-19(21(18)25)20(23(28)26-33-2)22(35-17)13-5-7-14(24)8-6-13/h5-9,12,15H,10-11H2,1-4H3,(H,26,28)/t12-,15-/m0/s1. The number of amides is 1. The van der Waals surface area contributed by atoms with Crippen LogP contribution in [0.2, 0.25) is 0 Å². The summed E-state index contributed by atoms with van der Waals surface area (Å²) in [6.45, 7) is 1.06. The molecule has 200 valence electrons. The Morgan fingerprint density at radius 1 is 1.16 bits per heavy atom. The zero-order chi connectivity index (χ0) is 27.3. The normalized spacial score (nSPS) is 18.5. The van der Waals surface area contributed by atoms with Gasteiger partial charge in [-0.3, -0.25) is 13.9 Å². The molecule has 1 N–H and O–H groups in total. The average Bonchev–Trinajstić information content (AvgIpc) is 3.09. The van der Waals surface area contributed by atoms with E-state index in [1.807, 2.05) is 0 Å². The highest BCUT2D eigenvalue weighted by Crippen LogP contribution is 2.44. The van der Waals surface area contributed by atoms with E-state index >= 15 is 4.39 Å². The number of fused-ring (bicyclic) bond motifs is 2. The third-order valence-electron chi connectivity index (χ3n) is 5.79. The monoisotopic (exact) mass is 558 g/mol. The number of nitrogens with one attached hydrogen (secondary N) is 1. The summed E-state index contributed by atoms with van der Waals surface area (Å²) in [5, 5.41) is -0.280. The molecule has 1 aliphatic heterocycles. The second-order valence-corrected chi connectivity index (χ2v) is 12.8. The third kappa shape index (κ3) is 5.32. The van der Waals surface area contributed by atoms with Crippen LogP contribution in [0.5, 0.6) is 0 Å². The second-order valence-electron chi connectivity index (χ2n) is 8.73. The summed E-state index contributed by atoms with van der Waals surface area (Å²) < 4.78 is 91.6. The number of hydrogen-bond donors (Lipinski definition) is 1. The predicted molar refractivity (Wildman–Crippen MR) is 131 cm³/mol. The van der Waals surface area contributed by atoms with Crippen molar-refractivity contribution in [3.05, 3.63) is 53.1 Å². The van der Waals surface area contributed by atoms with Gasteiger partial charge in [0, 0.05) is 23.4 Å². The molecule has 0 saturated heterocycles. The van der Waals surface area contributed by atoms with Gasteiger partial charge in [-0.15, -0.1) is 0 Å². The number of ether oxygens (including phenoxy) is 1. The Labute approximate surface area is 212 Å². The van der Waals surface area contributed by atoms with E-state index < -0.39 is 61.9 Å². The quantitative estimate of drug-likeness (QED) is 0.457. The molecule has 1 aliphatic rings. The van der Waals surface area contributed by atoms with Gasteiger partial charge in [0.1, 0.15) is 32.8 Å². The summed E-state index contributed by atoms with van der Waals surface area (Å²) >= 11 is 0. The van der Waals surface area contributed by atoms with Crippen LogP contribution in [0.1, 0.15) is 28.9 Å². The third-order valence-corrected chi connectivity index (χ3v) is 7.92. The van der Waals surface area contributed by atoms with Crippen molar-refractivity contribution in [2.45, 2.75) is 19.1 Å². The van der Waals surface area contributed by atoms with Crippen LogP contribution in [0.25, 0.3) is 22.3 Å². The molecule has 4 rings (SSSR count). The van der Waals surface area contributed by atoms with Gasteiger partial charge in [-0.25, -0.2) is 31.1 Å². The largest absolute Gasteiger partial charge is 0.455 e. The lowest BCUT2D eigenvalue weighted by Crippen LogP contribution is -2.39. The number of hydroxylamine groups is 1. The van der Waals surface area contributed by atoms with Crippen LogP contribution >= 0.6 is 0 Å². The number of hydrogen-bond acceptors (Lipinski definition) is 8. The Kier molecular flexibility index (Phi) is 7.05. The predicted octanol–water partition coefficient (Wildman–Crippen LogP) is 2.94. The van der Waals surface area contributed by atoms with Crippen LogP contribution in [0.15, 0.2) is 34.7 Å². The van der Waals surface area contributed by atoms with E-state index in [0.29, 0.717) is 0 Å². The van der Waals surface area contributed by atoms with Crippen molar-refractivity contribution < 1.29 is 44.4 Å². The molecule has 3 aromatic rings. The van der Waals surface area contributed by atoms with Gasteiger partial charge in [-0.2, -0.15) is 0 Å². The molecule has 1 aromatic heterocycles. The molecule has 2 aromatic carbocycles. The molecule has 0 spiro atoms. The van der Waals surface area contributed by atoms with Gasteiger partial charge >= 0.3 is 0 Å². The molecule has 0 fully saturated rings. The van der Waals surface area contributed by atoms with Crippen molar-refractivity contribution in [2.75, 3.05) is 36.2 Å². The SMILES string of the molecule is CONC(=O)c1c(-c2ccc(F)cc2)oc2cc3c(c(F)c12)[C@H](C)O[C@H](CS(C)(=O)=O)CN3S(C)(=O)=O. The lowest BCUT2D eigenvalue weighted by atomic mass is 9.99. The van der Waals surface area contributed by atoms with Crippen LogP contribution in [0.4, 0.5) is 14.5 Å². The number of carbonyl (C=O) groups excluding carboxylic acids is 1. The van der Waals surface area contributed by atoms with Gasteiger partial charge in [-0.05, 0) is 31.2 Å². The zero-order valence-electron chi connectivity index (χ0n) is 20.2. The molecule has 0 radical (unpaired) electrons. The summed E-state index contributed by atoms with van der Waals surface area (Å²) in [7, 11) is -6.43. The van der Waals surface area contributed by atoms with Crippen molar-refractivity contribution in [1.82, 2.24) is 5.48 Å². The van der Waals surface area contributed by atoms with Gasteiger partial charge in [0.25, 0.3) is 5.91 Å². The minimum atomic E-state index is -4.04. The van der Waals surface area contributed by atoms with E-state index in [0.717, 1.165) is 28.9 Å². The van der Waals surface area contributed by atoms with E-state index in [4.69, 9.17) is 14.0 Å². The molecule has 14 heteroatoms. The zero-order valence-corrected chi connectivity index (χ0v) is 21.9. The maximum atomic E-state index is 16.3. The van der Waals surface area contributed by atoms with Crippen LogP contribution < -0.4 is 9.79 Å². The molecule has 37 heavy (non-hydrogen) atoms. The summed E-state index contributed by atoms with van der Waals surface area (Å²) in [6.07, 6.45) is -0.310. The first-order valence-corrected chi connectivity index (χ1v) is 14.8. The molecule has 0 bridgehead atoms. The summed E-state index contributed by atoms with van der Waals surface area (Å²) in [4.78, 5) is 17.7. The topological polar surface area (TPSA) is 132 Å². The molecule has 0 aliphatic carbocycles. The highest BCUT2D eigenvalue weighted by atomic mass is 32.2. The smallest absolute Gasteiger partial charge is 0.279 e. The Morgan fingerprint density at radius 3 is 2.38 bits per heavy atom. The van der Waals surface area contributed by atoms with Gasteiger partial charge in [0.15, 0.2) is 0 Å². The number of nitrogens with zero attached hydrogens (tertiary/aromatic N) is 1. The van der Waals surface area contributed by atoms with Crippen molar-refractivity contribution >= 4 is 42.4 Å². The number of sulfonamides is 1. The Morgan fingerprint density at radius 2 is 1.81 bits per heavy atom. The number of halogens is 2. The fourth-order valence-corrected chi connectivity index (χ4v) is 6.21. The Balaban J connectivity index is 2.03. The minimum absolute atomic E-state index is 0.0990. The van der Waals surface area contributed by atoms with Crippen LogP contribution in [-0.2, 0) is 29.4 Å². The number of furan rings is 1. The van der Waals surface area contributed by atoms with Gasteiger partial charge in [-0.1, -0.05) is 0 Å². The Bertz CT molecular complexity index is 1590. The lowest BCUT2D eigenvalue weighted by Gasteiger charge is -2.24. The van der Waals surface area contributed by atoms with Crippen LogP contribution in [-0.4, -0.2) is 60.8 Å². The van der Waals surface area contributed by atoms with Gasteiger partial charge < -0.3 is 9.15 Å². The van der Waals surface area contributed by atoms with E-state index in [1.54, 1.807) is 0 Å². The first-order chi connectivity index (χ1) is 17.2. The highest BCUT2D eigenvalue weighted by molar-refractivity contribution is 7.92. The maximum Gasteiger partial charge on any atom is 0.279 e. The van der Waals surface area contributed by atoms with E-state index in [-0.39, 0.29) is 39.1 Å². The molecule has 10 nitrogen and oxygen atoms in total. The molecular weight excluding hydrogens is 534 g/mol. The van der Waals surface area contributed by atoms with E-state index in [1.165, 1.54) is 32.2 Å². The molecule has 2 heterocycles. The highest BCUT2D eigenvalue weighted by Gasteiger charge is 2.37. The fraction of sp³-hybridized carbons (Fsp3) is 0.348. The van der Waals surface area contributed by atoms with Crippen molar-refractivity contribution in [1.29, 1.82) is 0 Å². The Hall–Kier alpha value is -3.07. The number of carbonyl (C=O) groups is 1. The van der Waals surface area contributed by atoms with Crippen LogP contribution in [0, 0.1) is 11.6 Å². The first kappa shape index (κ1) is 27.0. The molecule has 2 atom stereocenters. The lowest BCUT2D eigenvalue weighted by molar-refractivity contribution is 0.0177. The number of benzene rings is 2. The summed E-state index contributed by atoms with van der Waals surface area (Å²) in [5.74, 6) is -2.99. The number of anilines is 1. The van der Waals surface area contributed by atoms with E-state index in [2.05, 4.69) is 5.48 Å². The van der Waals surface area contributed by atoms with Crippen molar-refractivity contribution in [3.8, 4) is 11.3 Å². The second kappa shape index (κ2) is 9.67. The van der Waals surface area contributed by atoms with Gasteiger partial charge in [0.05, 0.1) is 54.5 Å². The molecule has 0 saturated carbocycles. The first-order valence-electron chi connectivity index (χ1n) is 10.9. The van der Waals surface area contributed by atoms with Crippen molar-refractivity contribution in [2.24, 2.45) is 0 Å². The number of rotatable bonds is 6. The summed E-state index contributed by atoms with van der Waals surface area (Å²) in [5.41, 5.74) is 1.62. The molecular formula is C23H24F2N2O8S2.